The molecule has 28 heavy (non-hydrogen) atoms. The number of rotatable bonds is 8. The first-order valence-electron chi connectivity index (χ1n) is 8.93. The fourth-order valence-electron chi connectivity index (χ4n) is 2.75. The van der Waals surface area contributed by atoms with Crippen LogP contribution in [0.2, 0.25) is 0 Å². The van der Waals surface area contributed by atoms with Gasteiger partial charge >= 0.3 is 12.1 Å². The largest absolute Gasteiger partial charge is 0.493 e. The van der Waals surface area contributed by atoms with Crippen LogP contribution in [0, 0.1) is 0 Å². The van der Waals surface area contributed by atoms with Crippen molar-refractivity contribution in [3.05, 3.63) is 58.7 Å². The Bertz CT molecular complexity index is 816. The quantitative estimate of drug-likeness (QED) is 0.592. The summed E-state index contributed by atoms with van der Waals surface area (Å²) in [5, 5.41) is 0. The first kappa shape index (κ1) is 21.6. The highest BCUT2D eigenvalue weighted by Gasteiger charge is 2.34. The Morgan fingerprint density at radius 1 is 1.04 bits per heavy atom. The van der Waals surface area contributed by atoms with Crippen molar-refractivity contribution in [3.8, 4) is 11.5 Å². The van der Waals surface area contributed by atoms with Crippen LogP contribution in [-0.4, -0.2) is 19.7 Å². The molecule has 7 heteroatoms. The fourth-order valence-corrected chi connectivity index (χ4v) is 2.75. The summed E-state index contributed by atoms with van der Waals surface area (Å²) in [5.41, 5.74) is 0.843. The van der Waals surface area contributed by atoms with Crippen LogP contribution < -0.4 is 9.47 Å². The third kappa shape index (κ3) is 5.41. The smallest absolute Gasteiger partial charge is 0.419 e. The van der Waals surface area contributed by atoms with Crippen LogP contribution >= 0.6 is 0 Å². The number of aryl methyl sites for hydroxylation is 1. The molecule has 2 aromatic carbocycles. The molecule has 0 unspecified atom stereocenters. The molecule has 0 amide bonds. The van der Waals surface area contributed by atoms with Crippen LogP contribution in [0.15, 0.2) is 36.4 Å². The topological polar surface area (TPSA) is 44.8 Å². The van der Waals surface area contributed by atoms with Gasteiger partial charge in [-0.3, -0.25) is 4.79 Å². The van der Waals surface area contributed by atoms with Gasteiger partial charge < -0.3 is 14.2 Å². The van der Waals surface area contributed by atoms with E-state index in [4.69, 9.17) is 14.2 Å². The van der Waals surface area contributed by atoms with E-state index in [0.717, 1.165) is 6.07 Å². The zero-order valence-electron chi connectivity index (χ0n) is 16.1. The van der Waals surface area contributed by atoms with Crippen molar-refractivity contribution in [2.24, 2.45) is 0 Å². The van der Waals surface area contributed by atoms with Crippen LogP contribution in [-0.2, 0) is 35.2 Å². The number of esters is 1. The minimum Gasteiger partial charge on any atom is -0.493 e. The van der Waals surface area contributed by atoms with Crippen molar-refractivity contribution in [3.63, 3.8) is 0 Å². The van der Waals surface area contributed by atoms with E-state index in [0.29, 0.717) is 35.5 Å². The molecule has 0 saturated carbocycles. The maximum absolute atomic E-state index is 13.4. The van der Waals surface area contributed by atoms with Crippen molar-refractivity contribution in [1.29, 1.82) is 0 Å². The highest BCUT2D eigenvalue weighted by Crippen LogP contribution is 2.38. The zero-order valence-corrected chi connectivity index (χ0v) is 16.1. The van der Waals surface area contributed by atoms with E-state index in [1.807, 2.05) is 0 Å². The number of hydrogen-bond donors (Lipinski definition) is 0. The molecule has 4 nitrogen and oxygen atoms in total. The lowest BCUT2D eigenvalue weighted by Crippen LogP contribution is -2.12. The summed E-state index contributed by atoms with van der Waals surface area (Å²) in [6.07, 6.45) is -4.08. The molecule has 0 radical (unpaired) electrons. The van der Waals surface area contributed by atoms with Gasteiger partial charge in [0.2, 0.25) is 0 Å². The van der Waals surface area contributed by atoms with E-state index in [1.54, 1.807) is 38.1 Å². The highest BCUT2D eigenvalue weighted by atomic mass is 19.4. The lowest BCUT2D eigenvalue weighted by Gasteiger charge is -2.18. The Labute approximate surface area is 162 Å². The molecule has 0 aliphatic heterocycles. The predicted molar refractivity (Wildman–Crippen MR) is 98.5 cm³/mol. The molecule has 2 rings (SSSR count). The molecule has 0 N–H and O–H groups in total. The van der Waals surface area contributed by atoms with Crippen molar-refractivity contribution in [1.82, 2.24) is 0 Å². The maximum Gasteiger partial charge on any atom is 0.419 e. The average Bonchev–Trinajstić information content (AvgIpc) is 2.66. The standard InChI is InChI=1S/C21H23F3O4/c1-4-14-9-10-19(17(11-14)21(22,23)24)28-13-16-15(12-20(25)26-3)7-6-8-18(16)27-5-2/h6-11H,4-5,12-13H2,1-3H3. The van der Waals surface area contributed by atoms with Crippen molar-refractivity contribution >= 4 is 5.97 Å². The number of benzene rings is 2. The molecule has 0 heterocycles. The summed E-state index contributed by atoms with van der Waals surface area (Å²) in [6, 6.07) is 9.12. The second kappa shape index (κ2) is 9.48. The van der Waals surface area contributed by atoms with Crippen LogP contribution in [0.4, 0.5) is 13.2 Å². The third-order valence-corrected chi connectivity index (χ3v) is 4.22. The minimum absolute atomic E-state index is 0.0307. The first-order valence-corrected chi connectivity index (χ1v) is 8.93. The van der Waals surface area contributed by atoms with E-state index in [1.165, 1.54) is 13.2 Å². The maximum atomic E-state index is 13.4. The molecule has 0 aliphatic rings. The number of carbonyl (C=O) groups is 1. The molecular formula is C21H23F3O4. The molecule has 0 aliphatic carbocycles. The van der Waals surface area contributed by atoms with Gasteiger partial charge in [0.05, 0.1) is 25.7 Å². The van der Waals surface area contributed by atoms with E-state index in [-0.39, 0.29) is 18.8 Å². The summed E-state index contributed by atoms with van der Waals surface area (Å²) in [7, 11) is 1.27. The van der Waals surface area contributed by atoms with Crippen molar-refractivity contribution < 1.29 is 32.2 Å². The SMILES string of the molecule is CCOc1cccc(CC(=O)OC)c1COc1ccc(CC)cc1C(F)(F)F. The molecule has 2 aromatic rings. The van der Waals surface area contributed by atoms with Gasteiger partial charge in [0, 0.05) is 5.56 Å². The number of carbonyl (C=O) groups excluding carboxylic acids is 1. The van der Waals surface area contributed by atoms with Crippen molar-refractivity contribution in [2.45, 2.75) is 39.5 Å². The van der Waals surface area contributed by atoms with E-state index >= 15 is 0 Å². The Morgan fingerprint density at radius 3 is 2.39 bits per heavy atom. The number of methoxy groups -OCH3 is 1. The van der Waals surface area contributed by atoms with Gasteiger partial charge in [-0.2, -0.15) is 13.2 Å². The number of ether oxygens (including phenoxy) is 3. The van der Waals surface area contributed by atoms with Crippen LogP contribution in [0.25, 0.3) is 0 Å². The highest BCUT2D eigenvalue weighted by molar-refractivity contribution is 5.73. The van der Waals surface area contributed by atoms with Crippen LogP contribution in [0.1, 0.15) is 36.1 Å². The monoisotopic (exact) mass is 396 g/mol. The van der Waals surface area contributed by atoms with Gasteiger partial charge in [0.1, 0.15) is 18.1 Å². The Morgan fingerprint density at radius 2 is 1.79 bits per heavy atom. The molecular weight excluding hydrogens is 373 g/mol. The first-order chi connectivity index (χ1) is 13.3. The van der Waals surface area contributed by atoms with E-state index in [2.05, 4.69) is 0 Å². The van der Waals surface area contributed by atoms with Gasteiger partial charge in [-0.1, -0.05) is 25.1 Å². The number of halogens is 3. The van der Waals surface area contributed by atoms with E-state index < -0.39 is 17.7 Å². The van der Waals surface area contributed by atoms with Crippen molar-refractivity contribution in [2.75, 3.05) is 13.7 Å². The Balaban J connectivity index is 2.37. The van der Waals surface area contributed by atoms with Crippen LogP contribution in [0.5, 0.6) is 11.5 Å². The zero-order chi connectivity index (χ0) is 20.7. The molecule has 0 atom stereocenters. The number of alkyl halides is 3. The Hall–Kier alpha value is -2.70. The second-order valence-electron chi connectivity index (χ2n) is 6.05. The Kier molecular flexibility index (Phi) is 7.31. The summed E-state index contributed by atoms with van der Waals surface area (Å²) in [4.78, 5) is 11.7. The molecule has 0 fully saturated rings. The van der Waals surface area contributed by atoms with Gasteiger partial charge in [0.15, 0.2) is 0 Å². The fraction of sp³-hybridized carbons (Fsp3) is 0.381. The molecule has 152 valence electrons. The van der Waals surface area contributed by atoms with Crippen LogP contribution in [0.3, 0.4) is 0 Å². The van der Waals surface area contributed by atoms with Gasteiger partial charge in [-0.05, 0) is 42.7 Å². The third-order valence-electron chi connectivity index (χ3n) is 4.22. The lowest BCUT2D eigenvalue weighted by molar-refractivity contribution is -0.140. The second-order valence-corrected chi connectivity index (χ2v) is 6.05. The lowest BCUT2D eigenvalue weighted by atomic mass is 10.0. The number of hydrogen-bond acceptors (Lipinski definition) is 4. The summed E-state index contributed by atoms with van der Waals surface area (Å²) >= 11 is 0. The molecule has 0 bridgehead atoms. The van der Waals surface area contributed by atoms with Gasteiger partial charge in [0.25, 0.3) is 0 Å². The van der Waals surface area contributed by atoms with Gasteiger partial charge in [-0.25, -0.2) is 0 Å². The molecule has 0 spiro atoms. The predicted octanol–water partition coefficient (Wildman–Crippen LogP) is 4.96. The van der Waals surface area contributed by atoms with E-state index in [9.17, 15) is 18.0 Å². The minimum atomic E-state index is -4.53. The summed E-state index contributed by atoms with van der Waals surface area (Å²) < 4.78 is 56.1. The normalized spacial score (nSPS) is 11.2. The molecule has 0 saturated heterocycles. The summed E-state index contributed by atoms with van der Waals surface area (Å²) in [5.74, 6) is -0.263. The average molecular weight is 396 g/mol. The molecule has 0 aromatic heterocycles. The summed E-state index contributed by atoms with van der Waals surface area (Å²) in [6.45, 7) is 3.78. The van der Waals surface area contributed by atoms with Gasteiger partial charge in [-0.15, -0.1) is 0 Å².